The third kappa shape index (κ3) is 3.45. The summed E-state index contributed by atoms with van der Waals surface area (Å²) in [5.41, 5.74) is 0. The van der Waals surface area contributed by atoms with Crippen molar-refractivity contribution >= 4 is 11.8 Å². The minimum atomic E-state index is -0.352. The first-order valence-electron chi connectivity index (χ1n) is 5.76. The molecule has 1 aliphatic rings. The van der Waals surface area contributed by atoms with Crippen molar-refractivity contribution in [2.24, 2.45) is 7.05 Å². The first-order chi connectivity index (χ1) is 7.74. The molecule has 1 aromatic heterocycles. The highest BCUT2D eigenvalue weighted by Gasteiger charge is 2.17. The summed E-state index contributed by atoms with van der Waals surface area (Å²) in [7, 11) is 1.73. The molecule has 0 radical (unpaired) electrons. The average molecular weight is 242 g/mol. The van der Waals surface area contributed by atoms with Crippen molar-refractivity contribution in [2.45, 2.75) is 43.5 Å². The molecule has 5 nitrogen and oxygen atoms in total. The van der Waals surface area contributed by atoms with Crippen LogP contribution in [0, 0.1) is 0 Å². The van der Waals surface area contributed by atoms with Crippen molar-refractivity contribution in [1.29, 1.82) is 0 Å². The molecule has 0 saturated heterocycles. The van der Waals surface area contributed by atoms with E-state index in [-0.39, 0.29) is 6.10 Å². The van der Waals surface area contributed by atoms with Crippen LogP contribution in [0.15, 0.2) is 0 Å². The van der Waals surface area contributed by atoms with Crippen molar-refractivity contribution < 1.29 is 5.11 Å². The van der Waals surface area contributed by atoms with Crippen LogP contribution in [0.3, 0.4) is 0 Å². The van der Waals surface area contributed by atoms with Gasteiger partial charge in [-0.15, -0.1) is 10.2 Å². The van der Waals surface area contributed by atoms with Crippen LogP contribution >= 0.6 is 11.8 Å². The van der Waals surface area contributed by atoms with Gasteiger partial charge in [0.25, 0.3) is 0 Å². The van der Waals surface area contributed by atoms with Gasteiger partial charge in [-0.05, 0) is 18.1 Å². The third-order valence-electron chi connectivity index (χ3n) is 2.79. The Morgan fingerprint density at radius 1 is 1.50 bits per heavy atom. The van der Waals surface area contributed by atoms with Crippen molar-refractivity contribution in [3.63, 3.8) is 0 Å². The van der Waals surface area contributed by atoms with Gasteiger partial charge in [0.15, 0.2) is 5.82 Å². The van der Waals surface area contributed by atoms with Crippen molar-refractivity contribution in [3.8, 4) is 0 Å². The Balaban J connectivity index is 1.69. The van der Waals surface area contributed by atoms with E-state index in [0.717, 1.165) is 11.0 Å². The van der Waals surface area contributed by atoms with E-state index < -0.39 is 0 Å². The third-order valence-corrected chi connectivity index (χ3v) is 4.31. The predicted molar refractivity (Wildman–Crippen MR) is 63.2 cm³/mol. The highest BCUT2D eigenvalue weighted by Crippen LogP contribution is 2.29. The van der Waals surface area contributed by atoms with E-state index in [1.165, 1.54) is 30.5 Å². The second-order valence-corrected chi connectivity index (χ2v) is 5.63. The molecule has 1 aromatic rings. The number of aromatic nitrogens is 4. The van der Waals surface area contributed by atoms with Crippen LogP contribution in [-0.2, 0) is 13.5 Å². The lowest BCUT2D eigenvalue weighted by atomic mass is 10.3. The molecular weight excluding hydrogens is 224 g/mol. The standard InChI is InChI=1S/C10H18N4OS/c1-14-12-10(11-13-14)6-8(15)7-16-9-4-2-3-5-9/h8-9,15H,2-7H2,1H3. The highest BCUT2D eigenvalue weighted by molar-refractivity contribution is 7.99. The molecule has 0 aromatic carbocycles. The van der Waals surface area contributed by atoms with Gasteiger partial charge in [-0.2, -0.15) is 16.6 Å². The van der Waals surface area contributed by atoms with Crippen LogP contribution in [-0.4, -0.2) is 42.4 Å². The fraction of sp³-hybridized carbons (Fsp3) is 0.900. The Kier molecular flexibility index (Phi) is 4.17. The lowest BCUT2D eigenvalue weighted by Gasteiger charge is -2.11. The summed E-state index contributed by atoms with van der Waals surface area (Å²) in [5.74, 6) is 1.41. The molecule has 16 heavy (non-hydrogen) atoms. The maximum absolute atomic E-state index is 9.83. The summed E-state index contributed by atoms with van der Waals surface area (Å²) in [5, 5.41) is 22.3. The van der Waals surface area contributed by atoms with E-state index in [0.29, 0.717) is 12.2 Å². The molecule has 6 heteroatoms. The first-order valence-corrected chi connectivity index (χ1v) is 6.81. The fourth-order valence-electron chi connectivity index (χ4n) is 1.98. The summed E-state index contributed by atoms with van der Waals surface area (Å²) in [6.07, 6.45) is 5.46. The van der Waals surface area contributed by atoms with Crippen LogP contribution in [0.4, 0.5) is 0 Å². The number of aliphatic hydroxyl groups is 1. The maximum Gasteiger partial charge on any atom is 0.177 e. The molecule has 0 spiro atoms. The number of aliphatic hydroxyl groups excluding tert-OH is 1. The van der Waals surface area contributed by atoms with Crippen LogP contribution < -0.4 is 0 Å². The van der Waals surface area contributed by atoms with E-state index in [2.05, 4.69) is 15.4 Å². The fourth-order valence-corrected chi connectivity index (χ4v) is 3.26. The quantitative estimate of drug-likeness (QED) is 0.827. The number of nitrogens with zero attached hydrogens (tertiary/aromatic N) is 4. The van der Waals surface area contributed by atoms with Gasteiger partial charge in [0.1, 0.15) is 0 Å². The molecule has 0 bridgehead atoms. The molecular formula is C10H18N4OS. The number of hydrogen-bond donors (Lipinski definition) is 1. The van der Waals surface area contributed by atoms with Gasteiger partial charge in [-0.1, -0.05) is 12.8 Å². The summed E-state index contributed by atoms with van der Waals surface area (Å²) < 4.78 is 0. The Labute approximate surface area is 99.6 Å². The number of tetrazole rings is 1. The number of hydrogen-bond acceptors (Lipinski definition) is 5. The van der Waals surface area contributed by atoms with Crippen molar-refractivity contribution in [3.05, 3.63) is 5.82 Å². The van der Waals surface area contributed by atoms with E-state index in [9.17, 15) is 5.11 Å². The summed E-state index contributed by atoms with van der Waals surface area (Å²) in [6.45, 7) is 0. The Morgan fingerprint density at radius 2 is 2.25 bits per heavy atom. The molecule has 0 aliphatic heterocycles. The van der Waals surface area contributed by atoms with Crippen LogP contribution in [0.25, 0.3) is 0 Å². The molecule has 1 heterocycles. The second-order valence-electron chi connectivity index (χ2n) is 4.29. The number of rotatable bonds is 5. The minimum absolute atomic E-state index is 0.352. The minimum Gasteiger partial charge on any atom is -0.392 e. The average Bonchev–Trinajstić information content (AvgIpc) is 2.87. The van der Waals surface area contributed by atoms with Crippen LogP contribution in [0.5, 0.6) is 0 Å². The largest absolute Gasteiger partial charge is 0.392 e. The Bertz CT molecular complexity index is 324. The van der Waals surface area contributed by atoms with Gasteiger partial charge in [0.05, 0.1) is 13.2 Å². The Morgan fingerprint density at radius 3 is 2.88 bits per heavy atom. The molecule has 2 rings (SSSR count). The maximum atomic E-state index is 9.83. The first kappa shape index (κ1) is 11.9. The molecule has 1 N–H and O–H groups in total. The van der Waals surface area contributed by atoms with Gasteiger partial charge in [0.2, 0.25) is 0 Å². The molecule has 0 amide bonds. The molecule has 1 saturated carbocycles. The second kappa shape index (κ2) is 5.63. The van der Waals surface area contributed by atoms with Gasteiger partial charge in [0, 0.05) is 17.4 Å². The van der Waals surface area contributed by atoms with E-state index >= 15 is 0 Å². The van der Waals surface area contributed by atoms with Crippen molar-refractivity contribution in [2.75, 3.05) is 5.75 Å². The van der Waals surface area contributed by atoms with Crippen LogP contribution in [0.1, 0.15) is 31.5 Å². The molecule has 1 aliphatic carbocycles. The lowest BCUT2D eigenvalue weighted by molar-refractivity contribution is 0.197. The molecule has 1 fully saturated rings. The molecule has 1 unspecified atom stereocenters. The van der Waals surface area contributed by atoms with Gasteiger partial charge >= 0.3 is 0 Å². The zero-order valence-electron chi connectivity index (χ0n) is 9.54. The SMILES string of the molecule is Cn1nnc(CC(O)CSC2CCCC2)n1. The normalized spacial score (nSPS) is 19.1. The summed E-state index contributed by atoms with van der Waals surface area (Å²) >= 11 is 1.89. The van der Waals surface area contributed by atoms with Gasteiger partial charge in [-0.3, -0.25) is 0 Å². The van der Waals surface area contributed by atoms with Crippen LogP contribution in [0.2, 0.25) is 0 Å². The predicted octanol–water partition coefficient (Wildman–Crippen LogP) is 0.789. The number of thioether (sulfide) groups is 1. The van der Waals surface area contributed by atoms with Crippen molar-refractivity contribution in [1.82, 2.24) is 20.2 Å². The number of aryl methyl sites for hydroxylation is 1. The monoisotopic (exact) mass is 242 g/mol. The van der Waals surface area contributed by atoms with E-state index in [4.69, 9.17) is 0 Å². The smallest absolute Gasteiger partial charge is 0.177 e. The zero-order valence-corrected chi connectivity index (χ0v) is 10.4. The topological polar surface area (TPSA) is 63.8 Å². The summed E-state index contributed by atoms with van der Waals surface area (Å²) in [4.78, 5) is 1.42. The van der Waals surface area contributed by atoms with Gasteiger partial charge < -0.3 is 5.11 Å². The molecule has 90 valence electrons. The van der Waals surface area contributed by atoms with E-state index in [1.807, 2.05) is 11.8 Å². The van der Waals surface area contributed by atoms with E-state index in [1.54, 1.807) is 7.05 Å². The molecule has 1 atom stereocenters. The Hall–Kier alpha value is -0.620. The highest BCUT2D eigenvalue weighted by atomic mass is 32.2. The summed E-state index contributed by atoms with van der Waals surface area (Å²) in [6, 6.07) is 0. The lowest BCUT2D eigenvalue weighted by Crippen LogP contribution is -2.16. The zero-order chi connectivity index (χ0) is 11.4. The van der Waals surface area contributed by atoms with Gasteiger partial charge in [-0.25, -0.2) is 0 Å².